The Morgan fingerprint density at radius 1 is 1.15 bits per heavy atom. The number of rotatable bonds is 6. The fourth-order valence-corrected chi connectivity index (χ4v) is 6.18. The van der Waals surface area contributed by atoms with Gasteiger partial charge in [-0.2, -0.15) is 4.31 Å². The first-order valence-electron chi connectivity index (χ1n) is 10.1. The van der Waals surface area contributed by atoms with Crippen molar-refractivity contribution >= 4 is 55.6 Å². The van der Waals surface area contributed by atoms with Gasteiger partial charge in [0.25, 0.3) is 0 Å². The molecule has 2 aromatic carbocycles. The second-order valence-corrected chi connectivity index (χ2v) is 11.1. The highest BCUT2D eigenvalue weighted by atomic mass is 35.5. The molecule has 11 heteroatoms. The van der Waals surface area contributed by atoms with E-state index < -0.39 is 10.0 Å². The van der Waals surface area contributed by atoms with Gasteiger partial charge in [-0.05, 0) is 55.3 Å². The summed E-state index contributed by atoms with van der Waals surface area (Å²) in [6.45, 7) is 0.543. The number of halogens is 2. The third kappa shape index (κ3) is 5.33. The number of anilines is 1. The van der Waals surface area contributed by atoms with Crippen molar-refractivity contribution in [2.75, 3.05) is 25.5 Å². The van der Waals surface area contributed by atoms with E-state index in [0.29, 0.717) is 45.0 Å². The summed E-state index contributed by atoms with van der Waals surface area (Å²) in [4.78, 5) is 17.4. The van der Waals surface area contributed by atoms with E-state index in [1.54, 1.807) is 35.7 Å². The number of sulfonamides is 1. The van der Waals surface area contributed by atoms with E-state index in [1.165, 1.54) is 34.9 Å². The van der Waals surface area contributed by atoms with Crippen molar-refractivity contribution < 1.29 is 17.9 Å². The molecule has 4 rings (SSSR count). The summed E-state index contributed by atoms with van der Waals surface area (Å²) < 4.78 is 32.3. The Morgan fingerprint density at radius 3 is 2.52 bits per heavy atom. The maximum atomic E-state index is 12.9. The monoisotopic (exact) mass is 525 g/mol. The maximum Gasteiger partial charge on any atom is 0.243 e. The number of nitrogens with zero attached hydrogens (tertiary/aromatic N) is 2. The normalized spacial score (nSPS) is 15.4. The first-order chi connectivity index (χ1) is 15.8. The number of carbonyl (C=O) groups excluding carboxylic acids is 1. The fraction of sp³-hybridized carbons (Fsp3) is 0.273. The number of methoxy groups -OCH3 is 1. The molecule has 1 fully saturated rings. The fourth-order valence-electron chi connectivity index (χ4n) is 3.61. The van der Waals surface area contributed by atoms with Gasteiger partial charge < -0.3 is 10.1 Å². The molecule has 1 saturated heterocycles. The minimum atomic E-state index is -3.62. The molecule has 0 radical (unpaired) electrons. The van der Waals surface area contributed by atoms with Gasteiger partial charge in [-0.1, -0.05) is 23.2 Å². The molecule has 0 saturated carbocycles. The van der Waals surface area contributed by atoms with Crippen LogP contribution < -0.4 is 10.1 Å². The van der Waals surface area contributed by atoms with Crippen molar-refractivity contribution in [2.24, 2.45) is 5.92 Å². The van der Waals surface area contributed by atoms with Crippen LogP contribution in [0.25, 0.3) is 11.3 Å². The highest BCUT2D eigenvalue weighted by Crippen LogP contribution is 2.33. The molecule has 0 spiro atoms. The molecule has 3 aromatic rings. The number of aromatic nitrogens is 1. The Balaban J connectivity index is 1.37. The quantitative estimate of drug-likeness (QED) is 0.479. The van der Waals surface area contributed by atoms with Crippen LogP contribution in [0.3, 0.4) is 0 Å². The van der Waals surface area contributed by atoms with Crippen LogP contribution in [0.2, 0.25) is 10.0 Å². The lowest BCUT2D eigenvalue weighted by Gasteiger charge is -2.30. The average molecular weight is 526 g/mol. The first-order valence-corrected chi connectivity index (χ1v) is 13.2. The molecule has 174 valence electrons. The van der Waals surface area contributed by atoms with Crippen LogP contribution in [0.5, 0.6) is 5.75 Å². The number of amides is 1. The zero-order chi connectivity index (χ0) is 23.6. The SMILES string of the molecule is COc1ccc(S(=O)(=O)N2CCC(C(=O)Nc3nc(-c4cc(Cl)ccc4Cl)cs3)CC2)cc1. The molecule has 33 heavy (non-hydrogen) atoms. The molecule has 0 bridgehead atoms. The van der Waals surface area contributed by atoms with Crippen LogP contribution in [0.4, 0.5) is 5.13 Å². The number of benzene rings is 2. The molecule has 1 amide bonds. The van der Waals surface area contributed by atoms with Gasteiger partial charge >= 0.3 is 0 Å². The highest BCUT2D eigenvalue weighted by molar-refractivity contribution is 7.89. The van der Waals surface area contributed by atoms with E-state index >= 15 is 0 Å². The van der Waals surface area contributed by atoms with Gasteiger partial charge in [0.2, 0.25) is 15.9 Å². The van der Waals surface area contributed by atoms with Crippen molar-refractivity contribution in [3.63, 3.8) is 0 Å². The van der Waals surface area contributed by atoms with Gasteiger partial charge in [0.1, 0.15) is 5.75 Å². The van der Waals surface area contributed by atoms with Gasteiger partial charge in [0.15, 0.2) is 5.13 Å². The predicted molar refractivity (Wildman–Crippen MR) is 131 cm³/mol. The number of carbonyl (C=O) groups is 1. The number of hydrogen-bond acceptors (Lipinski definition) is 6. The van der Waals surface area contributed by atoms with Crippen LogP contribution in [-0.2, 0) is 14.8 Å². The predicted octanol–water partition coefficient (Wildman–Crippen LogP) is 5.16. The summed E-state index contributed by atoms with van der Waals surface area (Å²) in [7, 11) is -2.09. The summed E-state index contributed by atoms with van der Waals surface area (Å²) >= 11 is 13.6. The standard InChI is InChI=1S/C22H21Cl2N3O4S2/c1-31-16-3-5-17(6-4-16)33(29,30)27-10-8-14(9-11-27)21(28)26-22-25-20(13-32-22)18-12-15(23)2-7-19(18)24/h2-7,12-14H,8-11H2,1H3,(H,25,26,28). The van der Waals surface area contributed by atoms with E-state index in [0.717, 1.165) is 0 Å². The Labute approximate surface area is 206 Å². The van der Waals surface area contributed by atoms with Gasteiger partial charge in [-0.3, -0.25) is 4.79 Å². The Morgan fingerprint density at radius 2 is 1.85 bits per heavy atom. The summed E-state index contributed by atoms with van der Waals surface area (Å²) in [5.74, 6) is 0.122. The molecule has 1 N–H and O–H groups in total. The molecule has 0 aliphatic carbocycles. The van der Waals surface area contributed by atoms with Crippen LogP contribution in [-0.4, -0.2) is 43.8 Å². The van der Waals surface area contributed by atoms with Crippen LogP contribution in [0, 0.1) is 5.92 Å². The molecular weight excluding hydrogens is 505 g/mol. The van der Waals surface area contributed by atoms with Gasteiger partial charge in [0, 0.05) is 35.0 Å². The lowest BCUT2D eigenvalue weighted by Crippen LogP contribution is -2.41. The number of thiazole rings is 1. The lowest BCUT2D eigenvalue weighted by molar-refractivity contribution is -0.120. The van der Waals surface area contributed by atoms with E-state index in [1.807, 2.05) is 0 Å². The summed E-state index contributed by atoms with van der Waals surface area (Å²) in [6, 6.07) is 11.4. The van der Waals surface area contributed by atoms with Crippen LogP contribution in [0.15, 0.2) is 52.7 Å². The minimum Gasteiger partial charge on any atom is -0.497 e. The first kappa shape index (κ1) is 24.0. The van der Waals surface area contributed by atoms with E-state index in [-0.39, 0.29) is 29.8 Å². The zero-order valence-electron chi connectivity index (χ0n) is 17.6. The number of piperidine rings is 1. The minimum absolute atomic E-state index is 0.172. The molecule has 2 heterocycles. The number of hydrogen-bond donors (Lipinski definition) is 1. The Kier molecular flexibility index (Phi) is 7.25. The third-order valence-electron chi connectivity index (χ3n) is 5.46. The van der Waals surface area contributed by atoms with E-state index in [4.69, 9.17) is 27.9 Å². The van der Waals surface area contributed by atoms with Crippen LogP contribution >= 0.6 is 34.5 Å². The van der Waals surface area contributed by atoms with Gasteiger partial charge in [-0.15, -0.1) is 11.3 Å². The molecule has 0 unspecified atom stereocenters. The molecule has 0 atom stereocenters. The van der Waals surface area contributed by atoms with Crippen molar-refractivity contribution in [2.45, 2.75) is 17.7 Å². The summed E-state index contributed by atoms with van der Waals surface area (Å²) in [5.41, 5.74) is 1.32. The second kappa shape index (κ2) is 9.99. The lowest BCUT2D eigenvalue weighted by atomic mass is 9.97. The summed E-state index contributed by atoms with van der Waals surface area (Å²) in [5, 5.41) is 6.17. The zero-order valence-corrected chi connectivity index (χ0v) is 20.8. The van der Waals surface area contributed by atoms with Crippen molar-refractivity contribution in [1.29, 1.82) is 0 Å². The van der Waals surface area contributed by atoms with Gasteiger partial charge in [-0.25, -0.2) is 13.4 Å². The number of nitrogens with one attached hydrogen (secondary N) is 1. The maximum absolute atomic E-state index is 12.9. The topological polar surface area (TPSA) is 88.6 Å². The van der Waals surface area contributed by atoms with Crippen molar-refractivity contribution in [3.8, 4) is 17.0 Å². The summed E-state index contributed by atoms with van der Waals surface area (Å²) in [6.07, 6.45) is 0.860. The van der Waals surface area contributed by atoms with Crippen molar-refractivity contribution in [3.05, 3.63) is 57.9 Å². The van der Waals surface area contributed by atoms with Gasteiger partial charge in [0.05, 0.1) is 22.7 Å². The molecule has 1 aliphatic heterocycles. The third-order valence-corrected chi connectivity index (χ3v) is 8.70. The molecular formula is C22H21Cl2N3O4S2. The Bertz CT molecular complexity index is 1250. The molecule has 1 aliphatic rings. The van der Waals surface area contributed by atoms with E-state index in [2.05, 4.69) is 10.3 Å². The molecule has 1 aromatic heterocycles. The largest absolute Gasteiger partial charge is 0.497 e. The van der Waals surface area contributed by atoms with E-state index in [9.17, 15) is 13.2 Å². The smallest absolute Gasteiger partial charge is 0.243 e. The molecule has 7 nitrogen and oxygen atoms in total. The van der Waals surface area contributed by atoms with Crippen molar-refractivity contribution in [1.82, 2.24) is 9.29 Å². The second-order valence-electron chi connectivity index (χ2n) is 7.51. The Hall–Kier alpha value is -2.17. The average Bonchev–Trinajstić information content (AvgIpc) is 3.29. The van der Waals surface area contributed by atoms with Crippen LogP contribution in [0.1, 0.15) is 12.8 Å². The highest BCUT2D eigenvalue weighted by Gasteiger charge is 2.32. The number of ether oxygens (including phenoxy) is 1.